The van der Waals surface area contributed by atoms with E-state index >= 15 is 0 Å². The Bertz CT molecular complexity index is 424. The summed E-state index contributed by atoms with van der Waals surface area (Å²) < 4.78 is 0. The van der Waals surface area contributed by atoms with Gasteiger partial charge in [-0.15, -0.1) is 0 Å². The molecule has 1 saturated carbocycles. The summed E-state index contributed by atoms with van der Waals surface area (Å²) in [6, 6.07) is 4.51. The van der Waals surface area contributed by atoms with Crippen molar-refractivity contribution in [1.29, 1.82) is 0 Å². The van der Waals surface area contributed by atoms with Crippen LogP contribution in [0.3, 0.4) is 0 Å². The molecule has 1 aliphatic carbocycles. The Balaban J connectivity index is 1.78. The van der Waals surface area contributed by atoms with Crippen LogP contribution in [0.2, 0.25) is 0 Å². The van der Waals surface area contributed by atoms with Crippen LogP contribution in [0.25, 0.3) is 0 Å². The lowest BCUT2D eigenvalue weighted by Crippen LogP contribution is -2.24. The minimum Gasteiger partial charge on any atom is -0.357 e. The average Bonchev–Trinajstić information content (AvgIpc) is 3.26. The second-order valence-corrected chi connectivity index (χ2v) is 5.10. The Hall–Kier alpha value is -1.62. The van der Waals surface area contributed by atoms with Gasteiger partial charge >= 0.3 is 0 Å². The molecule has 1 aromatic heterocycles. The number of hydrogen-bond donors (Lipinski definition) is 2. The molecule has 1 fully saturated rings. The van der Waals surface area contributed by atoms with Crippen molar-refractivity contribution in [1.82, 2.24) is 10.3 Å². The molecule has 5 heteroatoms. The Morgan fingerprint density at radius 2 is 2.10 bits per heavy atom. The van der Waals surface area contributed by atoms with Gasteiger partial charge in [-0.2, -0.15) is 0 Å². The predicted octanol–water partition coefficient (Wildman–Crippen LogP) is 2.01. The first kappa shape index (κ1) is 14.8. The van der Waals surface area contributed by atoms with E-state index in [4.69, 9.17) is 0 Å². The lowest BCUT2D eigenvalue weighted by molar-refractivity contribution is -0.116. The lowest BCUT2D eigenvalue weighted by Gasteiger charge is -2.19. The van der Waals surface area contributed by atoms with Crippen molar-refractivity contribution in [3.63, 3.8) is 0 Å². The van der Waals surface area contributed by atoms with Crippen molar-refractivity contribution in [3.8, 4) is 0 Å². The van der Waals surface area contributed by atoms with Crippen molar-refractivity contribution in [3.05, 3.63) is 18.3 Å². The number of rotatable bonds is 8. The molecule has 20 heavy (non-hydrogen) atoms. The molecule has 0 unspecified atom stereocenters. The van der Waals surface area contributed by atoms with Gasteiger partial charge in [0.25, 0.3) is 0 Å². The van der Waals surface area contributed by atoms with Gasteiger partial charge in [0.15, 0.2) is 0 Å². The first-order chi connectivity index (χ1) is 9.72. The van der Waals surface area contributed by atoms with Crippen molar-refractivity contribution >= 4 is 17.4 Å². The highest BCUT2D eigenvalue weighted by molar-refractivity contribution is 5.90. The van der Waals surface area contributed by atoms with Crippen LogP contribution in [0.4, 0.5) is 11.5 Å². The fraction of sp³-hybridized carbons (Fsp3) is 0.600. The van der Waals surface area contributed by atoms with Gasteiger partial charge in [0.2, 0.25) is 5.91 Å². The molecule has 2 rings (SSSR count). The molecule has 2 N–H and O–H groups in total. The summed E-state index contributed by atoms with van der Waals surface area (Å²) in [6.45, 7) is 6.83. The van der Waals surface area contributed by atoms with E-state index in [0.29, 0.717) is 12.5 Å². The van der Waals surface area contributed by atoms with Crippen LogP contribution in [0.15, 0.2) is 18.3 Å². The van der Waals surface area contributed by atoms with E-state index in [1.165, 1.54) is 12.8 Å². The van der Waals surface area contributed by atoms with Gasteiger partial charge in [-0.1, -0.05) is 0 Å². The van der Waals surface area contributed by atoms with Crippen molar-refractivity contribution in [2.75, 3.05) is 29.9 Å². The molecular weight excluding hydrogens is 252 g/mol. The maximum atomic E-state index is 11.8. The van der Waals surface area contributed by atoms with Crippen molar-refractivity contribution in [2.24, 2.45) is 0 Å². The minimum atomic E-state index is 0.0375. The molecule has 0 aliphatic heterocycles. The zero-order valence-corrected chi connectivity index (χ0v) is 12.4. The van der Waals surface area contributed by atoms with E-state index in [1.54, 1.807) is 6.20 Å². The monoisotopic (exact) mass is 276 g/mol. The fourth-order valence-corrected chi connectivity index (χ4v) is 2.10. The molecule has 110 valence electrons. The van der Waals surface area contributed by atoms with Crippen LogP contribution in [0.5, 0.6) is 0 Å². The van der Waals surface area contributed by atoms with Crippen LogP contribution >= 0.6 is 0 Å². The molecule has 1 amide bonds. The lowest BCUT2D eigenvalue weighted by atomic mass is 10.3. The van der Waals surface area contributed by atoms with Crippen LogP contribution in [-0.2, 0) is 4.79 Å². The summed E-state index contributed by atoms with van der Waals surface area (Å²) in [5.74, 6) is 0.985. The first-order valence-electron chi connectivity index (χ1n) is 7.47. The Morgan fingerprint density at radius 1 is 1.35 bits per heavy atom. The minimum absolute atomic E-state index is 0.0375. The second-order valence-electron chi connectivity index (χ2n) is 5.10. The molecule has 0 atom stereocenters. The molecule has 5 nitrogen and oxygen atoms in total. The molecule has 0 bridgehead atoms. The first-order valence-corrected chi connectivity index (χ1v) is 7.47. The van der Waals surface area contributed by atoms with Crippen LogP contribution in [-0.4, -0.2) is 36.6 Å². The van der Waals surface area contributed by atoms with Crippen LogP contribution in [0.1, 0.15) is 33.1 Å². The van der Waals surface area contributed by atoms with Gasteiger partial charge in [-0.25, -0.2) is 4.98 Å². The Morgan fingerprint density at radius 3 is 2.65 bits per heavy atom. The van der Waals surface area contributed by atoms with E-state index in [1.807, 2.05) is 12.1 Å². The Labute approximate surface area is 120 Å². The number of nitrogens with zero attached hydrogens (tertiary/aromatic N) is 2. The quantitative estimate of drug-likeness (QED) is 0.762. The maximum absolute atomic E-state index is 11.8. The number of aromatic nitrogens is 1. The average molecular weight is 276 g/mol. The van der Waals surface area contributed by atoms with Gasteiger partial charge in [-0.05, 0) is 38.8 Å². The molecule has 0 aromatic carbocycles. The summed E-state index contributed by atoms with van der Waals surface area (Å²) >= 11 is 0. The number of carbonyl (C=O) groups excluding carboxylic acids is 1. The zero-order valence-electron chi connectivity index (χ0n) is 12.4. The van der Waals surface area contributed by atoms with Gasteiger partial charge in [0.05, 0.1) is 11.9 Å². The predicted molar refractivity (Wildman–Crippen MR) is 82.1 cm³/mol. The van der Waals surface area contributed by atoms with E-state index in [0.717, 1.165) is 31.1 Å². The highest BCUT2D eigenvalue weighted by Crippen LogP contribution is 2.18. The van der Waals surface area contributed by atoms with E-state index in [9.17, 15) is 4.79 Å². The van der Waals surface area contributed by atoms with Gasteiger partial charge in [0.1, 0.15) is 5.82 Å². The second kappa shape index (κ2) is 7.24. The molecular formula is C15H24N4O. The van der Waals surface area contributed by atoms with Gasteiger partial charge < -0.3 is 15.5 Å². The van der Waals surface area contributed by atoms with E-state index < -0.39 is 0 Å². The Kier molecular flexibility index (Phi) is 5.35. The molecule has 1 aliphatic rings. The maximum Gasteiger partial charge on any atom is 0.225 e. The number of anilines is 2. The fourth-order valence-electron chi connectivity index (χ4n) is 2.10. The van der Waals surface area contributed by atoms with Gasteiger partial charge in [-0.3, -0.25) is 4.79 Å². The third kappa shape index (κ3) is 4.49. The van der Waals surface area contributed by atoms with Crippen molar-refractivity contribution in [2.45, 2.75) is 39.2 Å². The topological polar surface area (TPSA) is 57.3 Å². The normalized spacial score (nSPS) is 14.1. The third-order valence-corrected chi connectivity index (χ3v) is 3.48. The summed E-state index contributed by atoms with van der Waals surface area (Å²) in [4.78, 5) is 18.3. The summed E-state index contributed by atoms with van der Waals surface area (Å²) in [7, 11) is 0. The number of amides is 1. The zero-order chi connectivity index (χ0) is 14.4. The highest BCUT2D eigenvalue weighted by atomic mass is 16.1. The van der Waals surface area contributed by atoms with E-state index in [-0.39, 0.29) is 5.91 Å². The number of carbonyl (C=O) groups is 1. The largest absolute Gasteiger partial charge is 0.357 e. The molecule has 0 radical (unpaired) electrons. The standard InChI is InChI=1S/C15H24N4O/c1-3-19(4-2)14-8-7-13(11-17-14)18-15(20)9-10-16-12-5-6-12/h7-8,11-12,16H,3-6,9-10H2,1-2H3,(H,18,20). The number of nitrogens with one attached hydrogen (secondary N) is 2. The number of pyridine rings is 1. The SMILES string of the molecule is CCN(CC)c1ccc(NC(=O)CCNC2CC2)cn1. The van der Waals surface area contributed by atoms with Gasteiger partial charge in [0, 0.05) is 32.1 Å². The summed E-state index contributed by atoms with van der Waals surface area (Å²) in [6.07, 6.45) is 4.73. The smallest absolute Gasteiger partial charge is 0.225 e. The molecule has 1 heterocycles. The number of hydrogen-bond acceptors (Lipinski definition) is 4. The van der Waals surface area contributed by atoms with Crippen LogP contribution in [0, 0.1) is 0 Å². The third-order valence-electron chi connectivity index (χ3n) is 3.48. The van der Waals surface area contributed by atoms with E-state index in [2.05, 4.69) is 34.4 Å². The molecule has 0 saturated heterocycles. The molecule has 0 spiro atoms. The summed E-state index contributed by atoms with van der Waals surface area (Å²) in [5.41, 5.74) is 0.761. The van der Waals surface area contributed by atoms with Crippen LogP contribution < -0.4 is 15.5 Å². The van der Waals surface area contributed by atoms with Crippen molar-refractivity contribution < 1.29 is 4.79 Å². The summed E-state index contributed by atoms with van der Waals surface area (Å²) in [5, 5.41) is 6.21. The highest BCUT2D eigenvalue weighted by Gasteiger charge is 2.20. The molecule has 1 aromatic rings.